The van der Waals surface area contributed by atoms with Gasteiger partial charge in [-0.15, -0.1) is 0 Å². The van der Waals surface area contributed by atoms with Crippen molar-refractivity contribution in [3.63, 3.8) is 0 Å². The molecule has 1 atom stereocenters. The molecular formula is C30H37N3O5. The summed E-state index contributed by atoms with van der Waals surface area (Å²) in [4.78, 5) is 44.6. The van der Waals surface area contributed by atoms with Gasteiger partial charge in [-0.3, -0.25) is 14.5 Å². The largest absolute Gasteiger partial charge is 0.481 e. The van der Waals surface area contributed by atoms with Gasteiger partial charge in [-0.25, -0.2) is 4.79 Å². The van der Waals surface area contributed by atoms with E-state index in [1.54, 1.807) is 21.7 Å². The number of para-hydroxylation sites is 1. The summed E-state index contributed by atoms with van der Waals surface area (Å²) in [5.74, 6) is -0.529. The summed E-state index contributed by atoms with van der Waals surface area (Å²) in [5, 5.41) is 10.3. The highest BCUT2D eigenvalue weighted by molar-refractivity contribution is 5.97. The predicted octanol–water partition coefficient (Wildman–Crippen LogP) is 4.89. The smallest absolute Gasteiger partial charge is 0.324 e. The first-order valence-electron chi connectivity index (χ1n) is 13.7. The highest BCUT2D eigenvalue weighted by Gasteiger charge is 2.46. The maximum atomic E-state index is 13.7. The van der Waals surface area contributed by atoms with Crippen LogP contribution < -0.4 is 9.80 Å². The average Bonchev–Trinajstić information content (AvgIpc) is 3.80. The van der Waals surface area contributed by atoms with E-state index in [9.17, 15) is 19.5 Å². The fourth-order valence-corrected chi connectivity index (χ4v) is 5.75. The maximum absolute atomic E-state index is 13.7. The zero-order valence-electron chi connectivity index (χ0n) is 22.1. The predicted molar refractivity (Wildman–Crippen MR) is 145 cm³/mol. The third-order valence-electron chi connectivity index (χ3n) is 8.35. The number of piperidine rings is 1. The van der Waals surface area contributed by atoms with E-state index in [0.717, 1.165) is 24.2 Å². The number of urea groups is 1. The molecule has 8 heteroatoms. The Morgan fingerprint density at radius 2 is 1.66 bits per heavy atom. The summed E-state index contributed by atoms with van der Waals surface area (Å²) in [6.07, 6.45) is 4.50. The number of carbonyl (C=O) groups excluding carboxylic acids is 2. The Morgan fingerprint density at radius 1 is 0.974 bits per heavy atom. The minimum Gasteiger partial charge on any atom is -0.481 e. The molecular weight excluding hydrogens is 482 g/mol. The first-order valence-corrected chi connectivity index (χ1v) is 13.7. The van der Waals surface area contributed by atoms with Crippen LogP contribution in [0, 0.1) is 5.41 Å². The number of benzene rings is 2. The van der Waals surface area contributed by atoms with E-state index < -0.39 is 11.4 Å². The van der Waals surface area contributed by atoms with Gasteiger partial charge in [-0.1, -0.05) is 30.3 Å². The summed E-state index contributed by atoms with van der Waals surface area (Å²) >= 11 is 0. The molecule has 3 amide bonds. The van der Waals surface area contributed by atoms with Crippen molar-refractivity contribution in [1.82, 2.24) is 4.90 Å². The molecule has 3 aliphatic rings. The lowest BCUT2D eigenvalue weighted by Gasteiger charge is -2.41. The molecule has 0 unspecified atom stereocenters. The van der Waals surface area contributed by atoms with Gasteiger partial charge in [0.25, 0.3) is 0 Å². The van der Waals surface area contributed by atoms with E-state index in [1.807, 2.05) is 42.5 Å². The number of nitrogens with zero attached hydrogens (tertiary/aromatic N) is 3. The normalized spacial score (nSPS) is 21.0. The number of hydrogen-bond donors (Lipinski definition) is 1. The van der Waals surface area contributed by atoms with Gasteiger partial charge < -0.3 is 19.6 Å². The van der Waals surface area contributed by atoms with Crippen molar-refractivity contribution < 1.29 is 24.2 Å². The number of rotatable bonds is 7. The molecule has 0 aromatic heterocycles. The van der Waals surface area contributed by atoms with E-state index in [2.05, 4.69) is 12.1 Å². The molecule has 2 aromatic carbocycles. The standard InChI is InChI=1S/C30H37N3O5/c1-31(24-13-11-23(12-14-24)22-9-10-22)29(37)32-17-15-30(16-18-32,28(35)36)20-27(34)33(25-6-3-2-4-7-25)26-8-5-19-38-21-26/h2-4,6-7,11-14,22,26H,5,8-10,15-21H2,1H3,(H,35,36)/t26-/m1/s1. The van der Waals surface area contributed by atoms with Gasteiger partial charge in [0.2, 0.25) is 5.91 Å². The number of likely N-dealkylation sites (tertiary alicyclic amines) is 1. The van der Waals surface area contributed by atoms with Gasteiger partial charge in [0, 0.05) is 44.5 Å². The van der Waals surface area contributed by atoms with Crippen molar-refractivity contribution in [2.75, 3.05) is 43.2 Å². The Hall–Kier alpha value is -3.39. The third-order valence-corrected chi connectivity index (χ3v) is 8.35. The molecule has 38 heavy (non-hydrogen) atoms. The lowest BCUT2D eigenvalue weighted by atomic mass is 9.75. The number of ether oxygens (including phenoxy) is 1. The van der Waals surface area contributed by atoms with Gasteiger partial charge in [-0.2, -0.15) is 0 Å². The third kappa shape index (κ3) is 5.55. The van der Waals surface area contributed by atoms with Crippen molar-refractivity contribution in [1.29, 1.82) is 0 Å². The number of hydrogen-bond acceptors (Lipinski definition) is 4. The molecule has 2 aromatic rings. The Morgan fingerprint density at radius 3 is 2.24 bits per heavy atom. The Kier molecular flexibility index (Phi) is 7.70. The van der Waals surface area contributed by atoms with Crippen molar-refractivity contribution >= 4 is 29.3 Å². The highest BCUT2D eigenvalue weighted by Crippen LogP contribution is 2.41. The minimum atomic E-state index is -1.21. The van der Waals surface area contributed by atoms with Gasteiger partial charge in [0.15, 0.2) is 0 Å². The lowest BCUT2D eigenvalue weighted by molar-refractivity contribution is -0.154. The van der Waals surface area contributed by atoms with Crippen LogP contribution in [0.4, 0.5) is 16.2 Å². The lowest BCUT2D eigenvalue weighted by Crippen LogP contribution is -2.53. The zero-order valence-corrected chi connectivity index (χ0v) is 22.1. The minimum absolute atomic E-state index is 0.103. The van der Waals surface area contributed by atoms with Crippen molar-refractivity contribution in [2.45, 2.75) is 56.9 Å². The van der Waals surface area contributed by atoms with Gasteiger partial charge in [-0.05, 0) is 74.3 Å². The molecule has 0 radical (unpaired) electrons. The van der Waals surface area contributed by atoms with Gasteiger partial charge in [0.05, 0.1) is 18.1 Å². The van der Waals surface area contributed by atoms with Crippen LogP contribution in [0.1, 0.15) is 56.4 Å². The van der Waals surface area contributed by atoms with Crippen LogP contribution in [0.2, 0.25) is 0 Å². The fraction of sp³-hybridized carbons (Fsp3) is 0.500. The van der Waals surface area contributed by atoms with Crippen molar-refractivity contribution in [3.8, 4) is 0 Å². The quantitative estimate of drug-likeness (QED) is 0.563. The second-order valence-electron chi connectivity index (χ2n) is 10.9. The van der Waals surface area contributed by atoms with E-state index in [4.69, 9.17) is 4.74 Å². The maximum Gasteiger partial charge on any atom is 0.324 e. The Bertz CT molecular complexity index is 1130. The van der Waals surface area contributed by atoms with Crippen LogP contribution in [-0.2, 0) is 14.3 Å². The molecule has 2 aliphatic heterocycles. The molecule has 0 spiro atoms. The summed E-state index contributed by atoms with van der Waals surface area (Å²) in [7, 11) is 1.75. The van der Waals surface area contributed by atoms with Gasteiger partial charge >= 0.3 is 12.0 Å². The molecule has 2 saturated heterocycles. The van der Waals surface area contributed by atoms with Crippen LogP contribution >= 0.6 is 0 Å². The molecule has 3 fully saturated rings. The number of carboxylic acid groups (broad SMARTS) is 1. The van der Waals surface area contributed by atoms with E-state index >= 15 is 0 Å². The van der Waals surface area contributed by atoms with Crippen molar-refractivity contribution in [3.05, 3.63) is 60.2 Å². The molecule has 1 saturated carbocycles. The molecule has 202 valence electrons. The first kappa shape index (κ1) is 26.2. The van der Waals surface area contributed by atoms with E-state index in [0.29, 0.717) is 32.2 Å². The fourth-order valence-electron chi connectivity index (χ4n) is 5.75. The van der Waals surface area contributed by atoms with Crippen LogP contribution in [0.3, 0.4) is 0 Å². The number of anilines is 2. The number of amides is 3. The zero-order chi connectivity index (χ0) is 26.7. The molecule has 1 N–H and O–H groups in total. The molecule has 1 aliphatic carbocycles. The van der Waals surface area contributed by atoms with Crippen LogP contribution in [0.5, 0.6) is 0 Å². The molecule has 2 heterocycles. The van der Waals surface area contributed by atoms with Crippen LogP contribution in [0.15, 0.2) is 54.6 Å². The summed E-state index contributed by atoms with van der Waals surface area (Å²) in [6, 6.07) is 17.3. The number of carboxylic acids is 1. The van der Waals surface area contributed by atoms with E-state index in [1.165, 1.54) is 18.4 Å². The second-order valence-corrected chi connectivity index (χ2v) is 10.9. The summed E-state index contributed by atoms with van der Waals surface area (Å²) in [6.45, 7) is 1.70. The van der Waals surface area contributed by atoms with Crippen LogP contribution in [-0.4, -0.2) is 67.3 Å². The Labute approximate surface area is 224 Å². The number of aliphatic carboxylic acids is 1. The average molecular weight is 520 g/mol. The number of carbonyl (C=O) groups is 3. The SMILES string of the molecule is CN(C(=O)N1CCC(CC(=O)N(c2ccccc2)[C@@H]2CCCOC2)(C(=O)O)CC1)c1ccc(C2CC2)cc1. The Balaban J connectivity index is 1.26. The molecule has 0 bridgehead atoms. The molecule has 5 rings (SSSR count). The summed E-state index contributed by atoms with van der Waals surface area (Å²) in [5.41, 5.74) is 1.68. The monoisotopic (exact) mass is 519 g/mol. The van der Waals surface area contributed by atoms with Gasteiger partial charge in [0.1, 0.15) is 0 Å². The topological polar surface area (TPSA) is 90.4 Å². The first-order chi connectivity index (χ1) is 18.4. The van der Waals surface area contributed by atoms with E-state index in [-0.39, 0.29) is 37.2 Å². The van der Waals surface area contributed by atoms with Crippen molar-refractivity contribution in [2.24, 2.45) is 5.41 Å². The second kappa shape index (κ2) is 11.2. The van der Waals surface area contributed by atoms with Crippen LogP contribution in [0.25, 0.3) is 0 Å². The molecule has 8 nitrogen and oxygen atoms in total. The highest BCUT2D eigenvalue weighted by atomic mass is 16.5. The summed E-state index contributed by atoms with van der Waals surface area (Å²) < 4.78 is 5.66.